The highest BCUT2D eigenvalue weighted by molar-refractivity contribution is 6.05. The third-order valence-electron chi connectivity index (χ3n) is 4.00. The molecule has 0 aliphatic carbocycles. The summed E-state index contributed by atoms with van der Waals surface area (Å²) in [6, 6.07) is 12.6. The molecular formula is C20H17N3O3. The van der Waals surface area contributed by atoms with E-state index in [1.807, 2.05) is 37.3 Å². The van der Waals surface area contributed by atoms with E-state index in [-0.39, 0.29) is 5.56 Å². The first-order valence-electron chi connectivity index (χ1n) is 7.99. The van der Waals surface area contributed by atoms with Crippen LogP contribution in [0.1, 0.15) is 31.8 Å². The van der Waals surface area contributed by atoms with Gasteiger partial charge in [0.15, 0.2) is 5.82 Å². The Morgan fingerprint density at radius 3 is 2.23 bits per heavy atom. The van der Waals surface area contributed by atoms with E-state index in [4.69, 9.17) is 0 Å². The molecule has 130 valence electrons. The van der Waals surface area contributed by atoms with Crippen molar-refractivity contribution < 1.29 is 14.7 Å². The average molecular weight is 347 g/mol. The number of amides is 1. The van der Waals surface area contributed by atoms with Crippen LogP contribution in [0.25, 0.3) is 11.4 Å². The fourth-order valence-corrected chi connectivity index (χ4v) is 2.59. The molecule has 3 aromatic rings. The Hall–Kier alpha value is -3.54. The third-order valence-corrected chi connectivity index (χ3v) is 4.00. The highest BCUT2D eigenvalue weighted by Gasteiger charge is 2.14. The van der Waals surface area contributed by atoms with E-state index in [2.05, 4.69) is 15.3 Å². The van der Waals surface area contributed by atoms with Gasteiger partial charge in [0.1, 0.15) is 0 Å². The van der Waals surface area contributed by atoms with Gasteiger partial charge in [-0.25, -0.2) is 14.8 Å². The zero-order valence-electron chi connectivity index (χ0n) is 14.4. The van der Waals surface area contributed by atoms with Crippen molar-refractivity contribution in [2.75, 3.05) is 5.32 Å². The summed E-state index contributed by atoms with van der Waals surface area (Å²) in [5, 5.41) is 12.0. The van der Waals surface area contributed by atoms with Crippen molar-refractivity contribution in [2.45, 2.75) is 13.8 Å². The van der Waals surface area contributed by atoms with Crippen LogP contribution in [0.4, 0.5) is 5.69 Å². The molecule has 0 radical (unpaired) electrons. The summed E-state index contributed by atoms with van der Waals surface area (Å²) < 4.78 is 0. The number of aromatic nitrogens is 2. The normalized spacial score (nSPS) is 10.4. The summed E-state index contributed by atoms with van der Waals surface area (Å²) in [7, 11) is 0. The van der Waals surface area contributed by atoms with Gasteiger partial charge in [0, 0.05) is 23.6 Å². The molecule has 0 aliphatic rings. The van der Waals surface area contributed by atoms with Gasteiger partial charge in [0.25, 0.3) is 5.91 Å². The van der Waals surface area contributed by atoms with Gasteiger partial charge in [0.05, 0.1) is 11.1 Å². The second-order valence-corrected chi connectivity index (χ2v) is 5.90. The van der Waals surface area contributed by atoms with E-state index >= 15 is 0 Å². The Labute approximate surface area is 150 Å². The van der Waals surface area contributed by atoms with E-state index in [1.165, 1.54) is 18.5 Å². The largest absolute Gasteiger partial charge is 0.478 e. The number of nitrogens with one attached hydrogen (secondary N) is 1. The smallest absolute Gasteiger partial charge is 0.336 e. The van der Waals surface area contributed by atoms with Crippen LogP contribution in [-0.4, -0.2) is 27.0 Å². The van der Waals surface area contributed by atoms with Crippen LogP contribution in [-0.2, 0) is 0 Å². The van der Waals surface area contributed by atoms with Gasteiger partial charge < -0.3 is 10.4 Å². The van der Waals surface area contributed by atoms with Gasteiger partial charge in [-0.05, 0) is 31.0 Å². The first-order chi connectivity index (χ1) is 12.5. The number of hydrogen-bond acceptors (Lipinski definition) is 4. The molecular weight excluding hydrogens is 330 g/mol. The molecule has 0 aliphatic heterocycles. The van der Waals surface area contributed by atoms with Crippen LogP contribution in [0.2, 0.25) is 0 Å². The summed E-state index contributed by atoms with van der Waals surface area (Å²) in [5.74, 6) is -0.900. The van der Waals surface area contributed by atoms with E-state index in [9.17, 15) is 14.7 Å². The van der Waals surface area contributed by atoms with Crippen molar-refractivity contribution in [3.8, 4) is 11.4 Å². The standard InChI is InChI=1S/C20H17N3O3/c1-12-8-13(2)17(9-16(12)20(25)26)23-19(24)15-10-21-18(22-11-15)14-6-4-3-5-7-14/h3-11H,1-2H3,(H,23,24)(H,25,26). The Kier molecular flexibility index (Phi) is 4.75. The molecule has 1 aromatic heterocycles. The van der Waals surface area contributed by atoms with Crippen LogP contribution >= 0.6 is 0 Å². The number of rotatable bonds is 4. The molecule has 0 saturated heterocycles. The molecule has 3 rings (SSSR count). The summed E-state index contributed by atoms with van der Waals surface area (Å²) in [4.78, 5) is 32.2. The molecule has 2 N–H and O–H groups in total. The zero-order chi connectivity index (χ0) is 18.7. The molecule has 0 fully saturated rings. The highest BCUT2D eigenvalue weighted by atomic mass is 16.4. The minimum atomic E-state index is -1.03. The van der Waals surface area contributed by atoms with E-state index < -0.39 is 11.9 Å². The highest BCUT2D eigenvalue weighted by Crippen LogP contribution is 2.22. The number of hydrogen-bond donors (Lipinski definition) is 2. The Morgan fingerprint density at radius 1 is 0.962 bits per heavy atom. The average Bonchev–Trinajstić information content (AvgIpc) is 2.64. The van der Waals surface area contributed by atoms with Crippen molar-refractivity contribution in [2.24, 2.45) is 0 Å². The Bertz CT molecular complexity index is 968. The lowest BCUT2D eigenvalue weighted by Gasteiger charge is -2.11. The molecule has 6 heteroatoms. The maximum Gasteiger partial charge on any atom is 0.336 e. The fourth-order valence-electron chi connectivity index (χ4n) is 2.59. The van der Waals surface area contributed by atoms with Crippen molar-refractivity contribution in [1.82, 2.24) is 9.97 Å². The topological polar surface area (TPSA) is 92.2 Å². The monoisotopic (exact) mass is 347 g/mol. The summed E-state index contributed by atoms with van der Waals surface area (Å²) in [6.45, 7) is 3.53. The minimum Gasteiger partial charge on any atom is -0.478 e. The molecule has 26 heavy (non-hydrogen) atoms. The van der Waals surface area contributed by atoms with Crippen molar-refractivity contribution >= 4 is 17.6 Å². The Balaban J connectivity index is 1.82. The first kappa shape index (κ1) is 17.3. The molecule has 0 saturated carbocycles. The quantitative estimate of drug-likeness (QED) is 0.750. The number of aryl methyl sites for hydroxylation is 2. The van der Waals surface area contributed by atoms with Gasteiger partial charge in [-0.3, -0.25) is 4.79 Å². The number of anilines is 1. The number of benzene rings is 2. The zero-order valence-corrected chi connectivity index (χ0v) is 14.4. The predicted molar refractivity (Wildman–Crippen MR) is 98.3 cm³/mol. The third kappa shape index (κ3) is 3.59. The van der Waals surface area contributed by atoms with Crippen molar-refractivity contribution in [3.63, 3.8) is 0 Å². The first-order valence-corrected chi connectivity index (χ1v) is 7.99. The number of carboxylic acids is 1. The van der Waals surface area contributed by atoms with E-state index in [0.29, 0.717) is 22.6 Å². The maximum absolute atomic E-state index is 12.4. The lowest BCUT2D eigenvalue weighted by atomic mass is 10.0. The van der Waals surface area contributed by atoms with Crippen molar-refractivity contribution in [3.05, 3.63) is 77.1 Å². The number of carbonyl (C=O) groups is 2. The summed E-state index contributed by atoms with van der Waals surface area (Å²) in [6.07, 6.45) is 2.90. The summed E-state index contributed by atoms with van der Waals surface area (Å²) in [5.41, 5.74) is 3.18. The second kappa shape index (κ2) is 7.14. The number of nitrogens with zero attached hydrogens (tertiary/aromatic N) is 2. The number of carbonyl (C=O) groups excluding carboxylic acids is 1. The Morgan fingerprint density at radius 2 is 1.62 bits per heavy atom. The van der Waals surface area contributed by atoms with Crippen LogP contribution in [0.5, 0.6) is 0 Å². The van der Waals surface area contributed by atoms with Crippen molar-refractivity contribution in [1.29, 1.82) is 0 Å². The molecule has 0 bridgehead atoms. The predicted octanol–water partition coefficient (Wildman–Crippen LogP) is 3.71. The molecule has 1 heterocycles. The van der Waals surface area contributed by atoms with Crippen LogP contribution < -0.4 is 5.32 Å². The molecule has 2 aromatic carbocycles. The number of aromatic carboxylic acids is 1. The van der Waals surface area contributed by atoms with Gasteiger partial charge in [0.2, 0.25) is 0 Å². The van der Waals surface area contributed by atoms with E-state index in [1.54, 1.807) is 13.0 Å². The van der Waals surface area contributed by atoms with Crippen LogP contribution in [0.15, 0.2) is 54.9 Å². The lowest BCUT2D eigenvalue weighted by molar-refractivity contribution is 0.0695. The molecule has 6 nitrogen and oxygen atoms in total. The molecule has 0 spiro atoms. The molecule has 1 amide bonds. The molecule has 0 unspecified atom stereocenters. The summed E-state index contributed by atoms with van der Waals surface area (Å²) >= 11 is 0. The van der Waals surface area contributed by atoms with Crippen LogP contribution in [0.3, 0.4) is 0 Å². The van der Waals surface area contributed by atoms with Gasteiger partial charge in [-0.2, -0.15) is 0 Å². The maximum atomic E-state index is 12.4. The number of carboxylic acid groups (broad SMARTS) is 1. The SMILES string of the molecule is Cc1cc(C)c(C(=O)O)cc1NC(=O)c1cnc(-c2ccccc2)nc1. The van der Waals surface area contributed by atoms with Gasteiger partial charge >= 0.3 is 5.97 Å². The molecule has 0 atom stereocenters. The minimum absolute atomic E-state index is 0.154. The second-order valence-electron chi connectivity index (χ2n) is 5.90. The van der Waals surface area contributed by atoms with Crippen LogP contribution in [0, 0.1) is 13.8 Å². The lowest BCUT2D eigenvalue weighted by Crippen LogP contribution is -2.14. The van der Waals surface area contributed by atoms with E-state index in [0.717, 1.165) is 11.1 Å². The van der Waals surface area contributed by atoms with Gasteiger partial charge in [-0.1, -0.05) is 36.4 Å². The van der Waals surface area contributed by atoms with Gasteiger partial charge in [-0.15, -0.1) is 0 Å². The fraction of sp³-hybridized carbons (Fsp3) is 0.100.